The number of allylic oxidation sites excluding steroid dienone is 3. The molecule has 1 aliphatic heterocycles. The smallest absolute Gasteiger partial charge is 0.336 e. The Kier molecular flexibility index (Phi) is 9.33. The maximum Gasteiger partial charge on any atom is 0.336 e. The van der Waals surface area contributed by atoms with Gasteiger partial charge in [0.15, 0.2) is 17.3 Å². The van der Waals surface area contributed by atoms with Gasteiger partial charge in [-0.3, -0.25) is 4.79 Å². The fraction of sp³-hybridized carbons (Fsp3) is 0.438. The maximum atomic E-state index is 14.0. The Hall–Kier alpha value is -3.74. The molecule has 0 spiro atoms. The summed E-state index contributed by atoms with van der Waals surface area (Å²) in [5.41, 5.74) is 4.43. The van der Waals surface area contributed by atoms with E-state index in [0.717, 1.165) is 29.7 Å². The predicted octanol–water partition coefficient (Wildman–Crippen LogP) is 6.20. The Labute approximate surface area is 231 Å². The number of benzene rings is 2. The van der Waals surface area contributed by atoms with Crippen molar-refractivity contribution in [2.45, 2.75) is 64.7 Å². The molecule has 1 aliphatic carbocycles. The second-order valence-electron chi connectivity index (χ2n) is 10.0. The highest BCUT2D eigenvalue weighted by Gasteiger charge is 2.42. The van der Waals surface area contributed by atoms with Gasteiger partial charge < -0.3 is 24.3 Å². The summed E-state index contributed by atoms with van der Waals surface area (Å²) in [4.78, 5) is 27.4. The molecular weight excluding hydrogens is 494 g/mol. The zero-order chi connectivity index (χ0) is 27.9. The summed E-state index contributed by atoms with van der Waals surface area (Å²) in [5, 5.41) is 3.42. The summed E-state index contributed by atoms with van der Waals surface area (Å²) in [7, 11) is 3.21. The number of esters is 1. The Bertz CT molecular complexity index is 1280. The monoisotopic (exact) mass is 533 g/mol. The van der Waals surface area contributed by atoms with Crippen molar-refractivity contribution in [1.82, 2.24) is 5.32 Å². The van der Waals surface area contributed by atoms with E-state index in [1.54, 1.807) is 14.2 Å². The van der Waals surface area contributed by atoms with Crippen LogP contribution in [0.2, 0.25) is 0 Å². The second kappa shape index (κ2) is 12.9. The molecule has 0 saturated carbocycles. The van der Waals surface area contributed by atoms with Crippen molar-refractivity contribution in [3.05, 3.63) is 76.1 Å². The number of rotatable bonds is 11. The molecule has 0 radical (unpaired) electrons. The third-order valence-corrected chi connectivity index (χ3v) is 7.35. The molecule has 0 fully saturated rings. The van der Waals surface area contributed by atoms with Gasteiger partial charge in [-0.05, 0) is 55.9 Å². The third-order valence-electron chi connectivity index (χ3n) is 7.35. The van der Waals surface area contributed by atoms with Gasteiger partial charge in [-0.2, -0.15) is 0 Å². The van der Waals surface area contributed by atoms with Gasteiger partial charge in [-0.25, -0.2) is 4.79 Å². The molecule has 1 N–H and O–H groups in total. The summed E-state index contributed by atoms with van der Waals surface area (Å²) >= 11 is 0. The number of para-hydroxylation sites is 1. The summed E-state index contributed by atoms with van der Waals surface area (Å²) in [6, 6.07) is 13.5. The molecule has 2 aliphatic rings. The summed E-state index contributed by atoms with van der Waals surface area (Å²) < 4.78 is 22.7. The number of dihydropyridines is 1. The van der Waals surface area contributed by atoms with Crippen LogP contribution in [0.15, 0.2) is 65.0 Å². The lowest BCUT2D eigenvalue weighted by Gasteiger charge is -2.37. The minimum absolute atomic E-state index is 0.00480. The van der Waals surface area contributed by atoms with Crippen molar-refractivity contribution in [2.24, 2.45) is 0 Å². The minimum Gasteiger partial charge on any atom is -0.493 e. The first kappa shape index (κ1) is 28.3. The van der Waals surface area contributed by atoms with Crippen LogP contribution in [0.4, 0.5) is 0 Å². The van der Waals surface area contributed by atoms with E-state index in [0.29, 0.717) is 66.6 Å². The topological polar surface area (TPSA) is 83.1 Å². The van der Waals surface area contributed by atoms with Crippen LogP contribution in [0.5, 0.6) is 17.2 Å². The Morgan fingerprint density at radius 1 is 0.949 bits per heavy atom. The van der Waals surface area contributed by atoms with E-state index in [2.05, 4.69) is 12.2 Å². The Morgan fingerprint density at radius 3 is 2.44 bits per heavy atom. The number of ether oxygens (including phenoxy) is 4. The van der Waals surface area contributed by atoms with Gasteiger partial charge >= 0.3 is 5.97 Å². The molecule has 0 aromatic heterocycles. The number of methoxy groups -OCH3 is 2. The van der Waals surface area contributed by atoms with Gasteiger partial charge in [0, 0.05) is 29.0 Å². The second-order valence-corrected chi connectivity index (χ2v) is 10.0. The van der Waals surface area contributed by atoms with Crippen molar-refractivity contribution in [1.29, 1.82) is 0 Å². The van der Waals surface area contributed by atoms with E-state index < -0.39 is 11.9 Å². The fourth-order valence-corrected chi connectivity index (χ4v) is 5.41. The predicted molar refractivity (Wildman–Crippen MR) is 150 cm³/mol. The molecule has 4 rings (SSSR count). The highest BCUT2D eigenvalue weighted by atomic mass is 16.5. The van der Waals surface area contributed by atoms with Gasteiger partial charge in [-0.15, -0.1) is 0 Å². The number of Topliss-reactive ketones (excluding diaryl/α,β-unsaturated/α-hetero) is 1. The molecule has 0 bridgehead atoms. The quantitative estimate of drug-likeness (QED) is 0.272. The number of carbonyl (C=O) groups is 2. The molecule has 0 saturated heterocycles. The highest BCUT2D eigenvalue weighted by molar-refractivity contribution is 6.04. The number of hydrogen-bond acceptors (Lipinski definition) is 7. The number of carbonyl (C=O) groups excluding carboxylic acids is 2. The summed E-state index contributed by atoms with van der Waals surface area (Å²) in [6.07, 6.45) is 3.59. The zero-order valence-electron chi connectivity index (χ0n) is 23.6. The average molecular weight is 534 g/mol. The largest absolute Gasteiger partial charge is 0.493 e. The van der Waals surface area contributed by atoms with E-state index >= 15 is 0 Å². The van der Waals surface area contributed by atoms with E-state index in [1.165, 1.54) is 0 Å². The van der Waals surface area contributed by atoms with Gasteiger partial charge in [-0.1, -0.05) is 44.5 Å². The molecule has 7 heteroatoms. The number of nitrogens with one attached hydrogen (secondary N) is 1. The van der Waals surface area contributed by atoms with Gasteiger partial charge in [0.1, 0.15) is 5.75 Å². The van der Waals surface area contributed by atoms with E-state index in [9.17, 15) is 9.59 Å². The molecule has 0 unspecified atom stereocenters. The van der Waals surface area contributed by atoms with Crippen LogP contribution in [0.1, 0.15) is 75.8 Å². The lowest BCUT2D eigenvalue weighted by Crippen LogP contribution is -2.36. The Balaban J connectivity index is 1.78. The highest BCUT2D eigenvalue weighted by Crippen LogP contribution is 2.48. The average Bonchev–Trinajstić information content (AvgIpc) is 2.95. The van der Waals surface area contributed by atoms with E-state index in [1.807, 2.05) is 56.3 Å². The normalized spacial score (nSPS) is 18.8. The minimum atomic E-state index is -0.567. The van der Waals surface area contributed by atoms with Crippen molar-refractivity contribution >= 4 is 11.8 Å². The maximum absolute atomic E-state index is 14.0. The summed E-state index contributed by atoms with van der Waals surface area (Å²) in [5.74, 6) is 0.957. The van der Waals surface area contributed by atoms with Gasteiger partial charge in [0.2, 0.25) is 0 Å². The SMILES string of the molecule is CCCCOc1ccccc1[C@@H]1C(C(=O)OCCC)=C(C)NC2=C1C(=O)C[C@H](c1ccc(OC)c(OC)c1)C2. The van der Waals surface area contributed by atoms with Crippen molar-refractivity contribution < 1.29 is 28.5 Å². The van der Waals surface area contributed by atoms with Crippen LogP contribution in [0.3, 0.4) is 0 Å². The van der Waals surface area contributed by atoms with Crippen LogP contribution >= 0.6 is 0 Å². The first-order valence-corrected chi connectivity index (χ1v) is 13.8. The van der Waals surface area contributed by atoms with Gasteiger partial charge in [0.05, 0.1) is 38.9 Å². The zero-order valence-corrected chi connectivity index (χ0v) is 23.6. The first-order valence-electron chi connectivity index (χ1n) is 13.8. The first-order chi connectivity index (χ1) is 18.9. The van der Waals surface area contributed by atoms with Gasteiger partial charge in [0.25, 0.3) is 0 Å². The molecular formula is C32H39NO6. The van der Waals surface area contributed by atoms with Crippen LogP contribution in [0.25, 0.3) is 0 Å². The number of ketones is 1. The van der Waals surface area contributed by atoms with Crippen molar-refractivity contribution in [3.63, 3.8) is 0 Å². The van der Waals surface area contributed by atoms with Crippen molar-refractivity contribution in [2.75, 3.05) is 27.4 Å². The molecule has 208 valence electrons. The third kappa shape index (κ3) is 5.97. The molecule has 2 aromatic carbocycles. The molecule has 2 atom stereocenters. The van der Waals surface area contributed by atoms with Crippen LogP contribution in [-0.4, -0.2) is 39.2 Å². The lowest BCUT2D eigenvalue weighted by molar-refractivity contribution is -0.139. The van der Waals surface area contributed by atoms with Crippen LogP contribution < -0.4 is 19.5 Å². The number of hydrogen-bond donors (Lipinski definition) is 1. The van der Waals surface area contributed by atoms with Crippen LogP contribution in [-0.2, 0) is 14.3 Å². The summed E-state index contributed by atoms with van der Waals surface area (Å²) in [6.45, 7) is 6.84. The molecule has 1 heterocycles. The van der Waals surface area contributed by atoms with Crippen molar-refractivity contribution in [3.8, 4) is 17.2 Å². The fourth-order valence-electron chi connectivity index (χ4n) is 5.41. The molecule has 7 nitrogen and oxygen atoms in total. The molecule has 0 amide bonds. The van der Waals surface area contributed by atoms with Crippen LogP contribution in [0, 0.1) is 0 Å². The Morgan fingerprint density at radius 2 is 1.72 bits per heavy atom. The van der Waals surface area contributed by atoms with E-state index in [-0.39, 0.29) is 11.7 Å². The lowest BCUT2D eigenvalue weighted by atomic mass is 9.71. The molecule has 2 aromatic rings. The number of unbranched alkanes of at least 4 members (excludes halogenated alkanes) is 1. The molecule has 39 heavy (non-hydrogen) atoms. The van der Waals surface area contributed by atoms with E-state index in [4.69, 9.17) is 18.9 Å². The standard InChI is InChI=1S/C32H39NO6/c1-6-8-16-38-26-12-10-9-11-23(26)30-29(32(35)39-15-7-2)20(3)33-24-17-22(18-25(34)31(24)30)21-13-14-27(36-4)28(19-21)37-5/h9-14,19,22,30,33H,6-8,15-18H2,1-5H3/t22-,30-/m1/s1.